The van der Waals surface area contributed by atoms with Crippen molar-refractivity contribution in [2.75, 3.05) is 33.4 Å². The van der Waals surface area contributed by atoms with Crippen LogP contribution < -0.4 is 5.32 Å². The summed E-state index contributed by atoms with van der Waals surface area (Å²) in [5.74, 6) is 0.514. The molecule has 1 aliphatic rings. The summed E-state index contributed by atoms with van der Waals surface area (Å²) < 4.78 is 10.6. The molecule has 1 rings (SSSR count). The van der Waals surface area contributed by atoms with Crippen LogP contribution in [0.15, 0.2) is 0 Å². The average molecular weight is 300 g/mol. The summed E-state index contributed by atoms with van der Waals surface area (Å²) in [6.45, 7) is 11.3. The Labute approximate surface area is 129 Å². The molecule has 0 aliphatic heterocycles. The third-order valence-electron chi connectivity index (χ3n) is 3.31. The van der Waals surface area contributed by atoms with Crippen LogP contribution in [-0.4, -0.2) is 56.0 Å². The largest absolute Gasteiger partial charge is 0.444 e. The predicted molar refractivity (Wildman–Crippen MR) is 84.5 cm³/mol. The number of amides is 1. The van der Waals surface area contributed by atoms with Gasteiger partial charge in [-0.2, -0.15) is 0 Å². The number of rotatable bonds is 9. The van der Waals surface area contributed by atoms with Gasteiger partial charge in [-0.15, -0.1) is 0 Å². The normalized spacial score (nSPS) is 16.6. The van der Waals surface area contributed by atoms with Crippen molar-refractivity contribution in [3.63, 3.8) is 0 Å². The molecule has 0 saturated heterocycles. The standard InChI is InChI=1S/C16H32N2O3/c1-13(12-20-5)11-17-9-6-10-18(14-7-8-14)15(19)21-16(2,3)4/h13-14,17H,6-12H2,1-5H3. The first-order valence-corrected chi connectivity index (χ1v) is 8.02. The number of methoxy groups -OCH3 is 1. The molecule has 0 spiro atoms. The molecule has 1 N–H and O–H groups in total. The summed E-state index contributed by atoms with van der Waals surface area (Å²) in [6.07, 6.45) is 3.00. The monoisotopic (exact) mass is 300 g/mol. The Kier molecular flexibility index (Phi) is 7.46. The number of hydrogen-bond acceptors (Lipinski definition) is 4. The highest BCUT2D eigenvalue weighted by atomic mass is 16.6. The van der Waals surface area contributed by atoms with E-state index in [1.807, 2.05) is 25.7 Å². The van der Waals surface area contributed by atoms with E-state index in [2.05, 4.69) is 12.2 Å². The zero-order valence-corrected chi connectivity index (χ0v) is 14.3. The predicted octanol–water partition coefficient (Wildman–Crippen LogP) is 2.65. The minimum atomic E-state index is -0.419. The molecule has 1 unspecified atom stereocenters. The topological polar surface area (TPSA) is 50.8 Å². The summed E-state index contributed by atoms with van der Waals surface area (Å²) >= 11 is 0. The van der Waals surface area contributed by atoms with Crippen molar-refractivity contribution in [3.05, 3.63) is 0 Å². The fourth-order valence-corrected chi connectivity index (χ4v) is 2.20. The van der Waals surface area contributed by atoms with Gasteiger partial charge in [0, 0.05) is 26.3 Å². The number of nitrogens with one attached hydrogen (secondary N) is 1. The molecular formula is C16H32N2O3. The molecule has 5 nitrogen and oxygen atoms in total. The van der Waals surface area contributed by atoms with Crippen molar-refractivity contribution in [2.45, 2.75) is 58.6 Å². The maximum absolute atomic E-state index is 12.2. The Morgan fingerprint density at radius 3 is 2.57 bits per heavy atom. The maximum atomic E-state index is 12.2. The molecule has 124 valence electrons. The molecule has 0 bridgehead atoms. The second-order valence-corrected chi connectivity index (χ2v) is 7.02. The molecule has 0 radical (unpaired) electrons. The van der Waals surface area contributed by atoms with E-state index in [0.717, 1.165) is 45.5 Å². The van der Waals surface area contributed by atoms with Gasteiger partial charge < -0.3 is 19.7 Å². The van der Waals surface area contributed by atoms with Crippen molar-refractivity contribution in [3.8, 4) is 0 Å². The molecule has 0 aromatic heterocycles. The number of ether oxygens (including phenoxy) is 2. The van der Waals surface area contributed by atoms with E-state index in [0.29, 0.717) is 12.0 Å². The Hall–Kier alpha value is -0.810. The molecule has 1 amide bonds. The van der Waals surface area contributed by atoms with Crippen LogP contribution in [0.5, 0.6) is 0 Å². The van der Waals surface area contributed by atoms with Crippen LogP contribution >= 0.6 is 0 Å². The van der Waals surface area contributed by atoms with Crippen molar-refractivity contribution in [2.24, 2.45) is 5.92 Å². The molecule has 1 atom stereocenters. The Morgan fingerprint density at radius 2 is 2.05 bits per heavy atom. The van der Waals surface area contributed by atoms with E-state index in [9.17, 15) is 4.79 Å². The minimum absolute atomic E-state index is 0.169. The molecule has 1 saturated carbocycles. The van der Waals surface area contributed by atoms with E-state index < -0.39 is 5.60 Å². The van der Waals surface area contributed by atoms with E-state index in [1.165, 1.54) is 0 Å². The van der Waals surface area contributed by atoms with Gasteiger partial charge in [0.2, 0.25) is 0 Å². The van der Waals surface area contributed by atoms with Gasteiger partial charge in [-0.1, -0.05) is 6.92 Å². The van der Waals surface area contributed by atoms with Gasteiger partial charge in [-0.25, -0.2) is 4.79 Å². The van der Waals surface area contributed by atoms with Crippen molar-refractivity contribution in [1.82, 2.24) is 10.2 Å². The molecule has 0 aromatic rings. The lowest BCUT2D eigenvalue weighted by molar-refractivity contribution is 0.0232. The summed E-state index contributed by atoms with van der Waals surface area (Å²) in [4.78, 5) is 14.1. The van der Waals surface area contributed by atoms with Gasteiger partial charge in [0.25, 0.3) is 0 Å². The number of nitrogens with zero attached hydrogens (tertiary/aromatic N) is 1. The molecule has 21 heavy (non-hydrogen) atoms. The second kappa shape index (κ2) is 8.59. The van der Waals surface area contributed by atoms with E-state index in [-0.39, 0.29) is 6.09 Å². The van der Waals surface area contributed by atoms with Crippen molar-refractivity contribution in [1.29, 1.82) is 0 Å². The number of carbonyl (C=O) groups is 1. The zero-order chi connectivity index (χ0) is 15.9. The third kappa shape index (κ3) is 8.27. The smallest absolute Gasteiger partial charge is 0.410 e. The summed E-state index contributed by atoms with van der Waals surface area (Å²) in [7, 11) is 1.73. The highest BCUT2D eigenvalue weighted by Gasteiger charge is 2.34. The molecule has 1 fully saturated rings. The average Bonchev–Trinajstić information content (AvgIpc) is 3.15. The number of carbonyl (C=O) groups excluding carboxylic acids is 1. The first kappa shape index (κ1) is 18.2. The van der Waals surface area contributed by atoms with Crippen LogP contribution in [0, 0.1) is 5.92 Å². The van der Waals surface area contributed by atoms with E-state index >= 15 is 0 Å². The second-order valence-electron chi connectivity index (χ2n) is 7.02. The van der Waals surface area contributed by atoms with Crippen LogP contribution in [0.3, 0.4) is 0 Å². The fraction of sp³-hybridized carbons (Fsp3) is 0.938. The van der Waals surface area contributed by atoms with E-state index in [1.54, 1.807) is 7.11 Å². The minimum Gasteiger partial charge on any atom is -0.444 e. The quantitative estimate of drug-likeness (QED) is 0.665. The lowest BCUT2D eigenvalue weighted by atomic mass is 10.2. The highest BCUT2D eigenvalue weighted by molar-refractivity contribution is 5.69. The Bertz CT molecular complexity index is 311. The third-order valence-corrected chi connectivity index (χ3v) is 3.31. The SMILES string of the molecule is COCC(C)CNCCCN(C(=O)OC(C)(C)C)C1CC1. The highest BCUT2D eigenvalue weighted by Crippen LogP contribution is 2.28. The van der Waals surface area contributed by atoms with E-state index in [4.69, 9.17) is 9.47 Å². The molecule has 5 heteroatoms. The molecule has 0 aromatic carbocycles. The summed E-state index contributed by atoms with van der Waals surface area (Å²) in [5, 5.41) is 3.41. The van der Waals surface area contributed by atoms with Crippen LogP contribution in [0.25, 0.3) is 0 Å². The van der Waals surface area contributed by atoms with Crippen LogP contribution in [0.1, 0.15) is 47.0 Å². The fourth-order valence-electron chi connectivity index (χ4n) is 2.20. The molecule has 0 heterocycles. The van der Waals surface area contributed by atoms with Gasteiger partial charge in [0.1, 0.15) is 5.60 Å². The van der Waals surface area contributed by atoms with Crippen LogP contribution in [-0.2, 0) is 9.47 Å². The van der Waals surface area contributed by atoms with Gasteiger partial charge in [0.05, 0.1) is 0 Å². The Balaban J connectivity index is 2.21. The number of hydrogen-bond donors (Lipinski definition) is 1. The van der Waals surface area contributed by atoms with Crippen molar-refractivity contribution < 1.29 is 14.3 Å². The van der Waals surface area contributed by atoms with Gasteiger partial charge >= 0.3 is 6.09 Å². The summed E-state index contributed by atoms with van der Waals surface area (Å²) in [6, 6.07) is 0.396. The zero-order valence-electron chi connectivity index (χ0n) is 14.3. The first-order valence-electron chi connectivity index (χ1n) is 8.02. The van der Waals surface area contributed by atoms with Crippen LogP contribution in [0.2, 0.25) is 0 Å². The van der Waals surface area contributed by atoms with Crippen molar-refractivity contribution >= 4 is 6.09 Å². The van der Waals surface area contributed by atoms with Crippen LogP contribution in [0.4, 0.5) is 4.79 Å². The first-order chi connectivity index (χ1) is 9.83. The van der Waals surface area contributed by atoms with Gasteiger partial charge in [0.15, 0.2) is 0 Å². The lowest BCUT2D eigenvalue weighted by Crippen LogP contribution is -2.39. The van der Waals surface area contributed by atoms with Gasteiger partial charge in [-0.05, 0) is 59.0 Å². The summed E-state index contributed by atoms with van der Waals surface area (Å²) in [5.41, 5.74) is -0.419. The maximum Gasteiger partial charge on any atom is 0.410 e. The molecular weight excluding hydrogens is 268 g/mol. The Morgan fingerprint density at radius 1 is 1.38 bits per heavy atom. The van der Waals surface area contributed by atoms with Gasteiger partial charge in [-0.3, -0.25) is 0 Å². The lowest BCUT2D eigenvalue weighted by Gasteiger charge is -2.27. The molecule has 1 aliphatic carbocycles.